The summed E-state index contributed by atoms with van der Waals surface area (Å²) in [6.45, 7) is 3.94. The van der Waals surface area contributed by atoms with Crippen LogP contribution in [0.5, 0.6) is 5.75 Å². The van der Waals surface area contributed by atoms with Gasteiger partial charge in [-0.1, -0.05) is 6.42 Å². The third kappa shape index (κ3) is 5.69. The van der Waals surface area contributed by atoms with Gasteiger partial charge in [0.25, 0.3) is 5.91 Å². The van der Waals surface area contributed by atoms with Crippen LogP contribution in [0.3, 0.4) is 0 Å². The van der Waals surface area contributed by atoms with Crippen molar-refractivity contribution >= 4 is 15.9 Å². The van der Waals surface area contributed by atoms with Gasteiger partial charge < -0.3 is 14.8 Å². The zero-order chi connectivity index (χ0) is 19.0. The number of methoxy groups -OCH3 is 1. The maximum Gasteiger partial charge on any atom is 0.257 e. The van der Waals surface area contributed by atoms with E-state index in [1.165, 1.54) is 0 Å². The first-order valence-electron chi connectivity index (χ1n) is 8.94. The molecule has 1 heterocycles. The minimum Gasteiger partial charge on any atom is -0.484 e. The fraction of sp³-hybridized carbons (Fsp3) is 0.611. The molecule has 0 unspecified atom stereocenters. The van der Waals surface area contributed by atoms with Crippen LogP contribution < -0.4 is 10.1 Å². The monoisotopic (exact) mass is 384 g/mol. The summed E-state index contributed by atoms with van der Waals surface area (Å²) >= 11 is 0. The highest BCUT2D eigenvalue weighted by Gasteiger charge is 2.26. The smallest absolute Gasteiger partial charge is 0.257 e. The van der Waals surface area contributed by atoms with E-state index in [1.54, 1.807) is 36.5 Å². The molecule has 26 heavy (non-hydrogen) atoms. The molecule has 1 aliphatic rings. The Bertz CT molecular complexity index is 700. The van der Waals surface area contributed by atoms with Gasteiger partial charge in [0, 0.05) is 33.4 Å². The van der Waals surface area contributed by atoms with E-state index in [0.29, 0.717) is 37.6 Å². The molecule has 1 aromatic carbocycles. The first-order valence-corrected chi connectivity index (χ1v) is 10.4. The molecule has 0 atom stereocenters. The highest BCUT2D eigenvalue weighted by Crippen LogP contribution is 2.25. The van der Waals surface area contributed by atoms with Crippen LogP contribution in [0.15, 0.2) is 23.1 Å². The molecule has 1 amide bonds. The van der Waals surface area contributed by atoms with E-state index in [-0.39, 0.29) is 17.4 Å². The van der Waals surface area contributed by atoms with E-state index in [9.17, 15) is 13.2 Å². The second-order valence-corrected chi connectivity index (χ2v) is 8.31. The van der Waals surface area contributed by atoms with Gasteiger partial charge in [-0.05, 0) is 49.9 Å². The van der Waals surface area contributed by atoms with E-state index in [1.807, 2.05) is 0 Å². The summed E-state index contributed by atoms with van der Waals surface area (Å²) in [5.41, 5.74) is 0.690. The molecule has 1 aliphatic heterocycles. The van der Waals surface area contributed by atoms with E-state index < -0.39 is 10.0 Å². The molecule has 0 spiro atoms. The largest absolute Gasteiger partial charge is 0.484 e. The summed E-state index contributed by atoms with van der Waals surface area (Å²) < 4.78 is 37.4. The predicted molar refractivity (Wildman–Crippen MR) is 98.8 cm³/mol. The van der Waals surface area contributed by atoms with Crippen LogP contribution in [0.1, 0.15) is 31.2 Å². The lowest BCUT2D eigenvalue weighted by Gasteiger charge is -2.26. The Morgan fingerprint density at radius 3 is 2.62 bits per heavy atom. The normalized spacial score (nSPS) is 15.6. The fourth-order valence-corrected chi connectivity index (χ4v) is 4.44. The maximum atomic E-state index is 12.7. The van der Waals surface area contributed by atoms with E-state index in [4.69, 9.17) is 9.47 Å². The van der Waals surface area contributed by atoms with Crippen LogP contribution in [0, 0.1) is 6.92 Å². The molecule has 1 fully saturated rings. The molecule has 7 nitrogen and oxygen atoms in total. The first-order chi connectivity index (χ1) is 12.4. The van der Waals surface area contributed by atoms with Crippen LogP contribution in [0.4, 0.5) is 0 Å². The van der Waals surface area contributed by atoms with Crippen LogP contribution in [-0.2, 0) is 19.6 Å². The average Bonchev–Trinajstić information content (AvgIpc) is 2.65. The summed E-state index contributed by atoms with van der Waals surface area (Å²) in [4.78, 5) is 12.0. The number of rotatable bonds is 9. The minimum absolute atomic E-state index is 0.105. The van der Waals surface area contributed by atoms with E-state index in [0.717, 1.165) is 25.7 Å². The van der Waals surface area contributed by atoms with Crippen molar-refractivity contribution in [1.82, 2.24) is 9.62 Å². The van der Waals surface area contributed by atoms with Gasteiger partial charge in [0.05, 0.1) is 4.90 Å². The quantitative estimate of drug-likeness (QED) is 0.655. The Labute approximate surface area is 155 Å². The molecule has 146 valence electrons. The Morgan fingerprint density at radius 1 is 1.23 bits per heavy atom. The van der Waals surface area contributed by atoms with Crippen molar-refractivity contribution in [2.24, 2.45) is 0 Å². The van der Waals surface area contributed by atoms with Gasteiger partial charge in [-0.2, -0.15) is 4.31 Å². The number of nitrogens with zero attached hydrogens (tertiary/aromatic N) is 1. The van der Waals surface area contributed by atoms with Crippen molar-refractivity contribution in [3.8, 4) is 5.75 Å². The van der Waals surface area contributed by atoms with Crippen molar-refractivity contribution < 1.29 is 22.7 Å². The minimum atomic E-state index is -3.46. The van der Waals surface area contributed by atoms with Crippen molar-refractivity contribution in [2.75, 3.05) is 40.0 Å². The zero-order valence-corrected chi connectivity index (χ0v) is 16.3. The second kappa shape index (κ2) is 9.89. The third-order valence-corrected chi connectivity index (χ3v) is 6.20. The van der Waals surface area contributed by atoms with Gasteiger partial charge >= 0.3 is 0 Å². The number of carbonyl (C=O) groups is 1. The van der Waals surface area contributed by atoms with Crippen LogP contribution in [-0.4, -0.2) is 58.6 Å². The van der Waals surface area contributed by atoms with Gasteiger partial charge in [-0.15, -0.1) is 0 Å². The van der Waals surface area contributed by atoms with Gasteiger partial charge in [0.2, 0.25) is 10.0 Å². The second-order valence-electron chi connectivity index (χ2n) is 6.38. The van der Waals surface area contributed by atoms with E-state index >= 15 is 0 Å². The number of sulfonamides is 1. The third-order valence-electron chi connectivity index (χ3n) is 4.31. The summed E-state index contributed by atoms with van der Waals surface area (Å²) in [6, 6.07) is 4.77. The lowest BCUT2D eigenvalue weighted by atomic mass is 10.2. The van der Waals surface area contributed by atoms with Crippen molar-refractivity contribution in [3.63, 3.8) is 0 Å². The number of benzene rings is 1. The summed E-state index contributed by atoms with van der Waals surface area (Å²) in [7, 11) is -1.85. The summed E-state index contributed by atoms with van der Waals surface area (Å²) in [6.07, 6.45) is 3.62. The number of carbonyl (C=O) groups excluding carboxylic acids is 1. The molecule has 1 saturated heterocycles. The fourth-order valence-electron chi connectivity index (χ4n) is 2.84. The number of hydrogen-bond donors (Lipinski definition) is 1. The van der Waals surface area contributed by atoms with Gasteiger partial charge in [0.15, 0.2) is 6.61 Å². The SMILES string of the molecule is COCCCNC(=O)COc1ccc(S(=O)(=O)N2CCCCC2)cc1C. The Hall–Kier alpha value is -1.64. The number of amides is 1. The molecule has 2 rings (SSSR count). The molecular formula is C18H28N2O5S. The van der Waals surface area contributed by atoms with Gasteiger partial charge in [0.1, 0.15) is 5.75 Å². The standard InChI is InChI=1S/C18H28N2O5S/c1-15-13-16(26(22,23)20-10-4-3-5-11-20)7-8-17(15)25-14-18(21)19-9-6-12-24-2/h7-8,13H,3-6,9-12,14H2,1-2H3,(H,19,21). The number of hydrogen-bond acceptors (Lipinski definition) is 5. The van der Waals surface area contributed by atoms with Crippen molar-refractivity contribution in [2.45, 2.75) is 37.5 Å². The van der Waals surface area contributed by atoms with E-state index in [2.05, 4.69) is 5.32 Å². The predicted octanol–water partition coefficient (Wildman–Crippen LogP) is 1.70. The molecule has 0 saturated carbocycles. The first kappa shape index (κ1) is 20.7. The zero-order valence-electron chi connectivity index (χ0n) is 15.5. The number of nitrogens with one attached hydrogen (secondary N) is 1. The summed E-state index contributed by atoms with van der Waals surface area (Å²) in [5, 5.41) is 2.74. The molecule has 0 aliphatic carbocycles. The Balaban J connectivity index is 1.93. The summed E-state index contributed by atoms with van der Waals surface area (Å²) in [5.74, 6) is 0.292. The van der Waals surface area contributed by atoms with Gasteiger partial charge in [-0.3, -0.25) is 4.79 Å². The number of piperidine rings is 1. The topological polar surface area (TPSA) is 84.9 Å². The van der Waals surface area contributed by atoms with Crippen LogP contribution >= 0.6 is 0 Å². The number of ether oxygens (including phenoxy) is 2. The average molecular weight is 384 g/mol. The lowest BCUT2D eigenvalue weighted by Crippen LogP contribution is -2.35. The highest BCUT2D eigenvalue weighted by atomic mass is 32.2. The molecule has 1 aromatic rings. The van der Waals surface area contributed by atoms with Crippen molar-refractivity contribution in [1.29, 1.82) is 0 Å². The Kier molecular flexibility index (Phi) is 7.86. The Morgan fingerprint density at radius 2 is 1.96 bits per heavy atom. The van der Waals surface area contributed by atoms with Crippen LogP contribution in [0.2, 0.25) is 0 Å². The molecule has 0 bridgehead atoms. The lowest BCUT2D eigenvalue weighted by molar-refractivity contribution is -0.123. The van der Waals surface area contributed by atoms with Crippen LogP contribution in [0.25, 0.3) is 0 Å². The molecule has 0 radical (unpaired) electrons. The molecule has 0 aromatic heterocycles. The van der Waals surface area contributed by atoms with Gasteiger partial charge in [-0.25, -0.2) is 8.42 Å². The maximum absolute atomic E-state index is 12.7. The number of aryl methyl sites for hydroxylation is 1. The molecule has 1 N–H and O–H groups in total. The molecular weight excluding hydrogens is 356 g/mol. The van der Waals surface area contributed by atoms with Crippen molar-refractivity contribution in [3.05, 3.63) is 23.8 Å². The molecule has 8 heteroatoms. The highest BCUT2D eigenvalue weighted by molar-refractivity contribution is 7.89.